The van der Waals surface area contributed by atoms with Gasteiger partial charge < -0.3 is 9.67 Å². The molecule has 0 spiro atoms. The Hall–Kier alpha value is -2.26. The normalized spacial score (nSPS) is 12.1. The third-order valence-electron chi connectivity index (χ3n) is 5.58. The van der Waals surface area contributed by atoms with Crippen molar-refractivity contribution in [2.45, 2.75) is 53.5 Å². The largest absolute Gasteiger partial charge is 0.481 e. The Morgan fingerprint density at radius 2 is 1.79 bits per heavy atom. The van der Waals surface area contributed by atoms with Gasteiger partial charge in [0, 0.05) is 34.6 Å². The van der Waals surface area contributed by atoms with E-state index in [-0.39, 0.29) is 0 Å². The monoisotopic (exact) mass is 397 g/mol. The molecule has 0 fully saturated rings. The summed E-state index contributed by atoms with van der Waals surface area (Å²) in [6.45, 7) is 10.8. The zero-order valence-electron chi connectivity index (χ0n) is 17.2. The van der Waals surface area contributed by atoms with Gasteiger partial charge in [0.05, 0.1) is 5.41 Å². The van der Waals surface area contributed by atoms with Crippen molar-refractivity contribution in [2.75, 3.05) is 0 Å². The van der Waals surface area contributed by atoms with Gasteiger partial charge >= 0.3 is 5.97 Å². The first-order valence-electron chi connectivity index (χ1n) is 9.69. The average molecular weight is 398 g/mol. The molecule has 1 heterocycles. The van der Waals surface area contributed by atoms with Gasteiger partial charge in [0.25, 0.3) is 0 Å². The number of rotatable bonds is 6. The Kier molecular flexibility index (Phi) is 5.58. The van der Waals surface area contributed by atoms with E-state index in [9.17, 15) is 9.90 Å². The standard InChI is InChI=1S/C24H28ClNO2/c1-15(2)18-8-11-21-20(12-18)16(3)22(13-24(4,5)23(27)28)26(21)14-17-6-9-19(25)10-7-17/h6-12,15H,13-14H2,1-5H3,(H,27,28). The Balaban J connectivity index is 2.18. The summed E-state index contributed by atoms with van der Waals surface area (Å²) in [5.74, 6) is -0.333. The van der Waals surface area contributed by atoms with Crippen LogP contribution >= 0.6 is 11.6 Å². The molecule has 0 aliphatic carbocycles. The molecule has 148 valence electrons. The number of aryl methyl sites for hydroxylation is 1. The van der Waals surface area contributed by atoms with Crippen LogP contribution in [0.15, 0.2) is 42.5 Å². The molecule has 0 aliphatic rings. The molecule has 3 nitrogen and oxygen atoms in total. The van der Waals surface area contributed by atoms with Gasteiger partial charge in [0.2, 0.25) is 0 Å². The van der Waals surface area contributed by atoms with Crippen LogP contribution in [0.2, 0.25) is 5.02 Å². The maximum absolute atomic E-state index is 11.8. The summed E-state index contributed by atoms with van der Waals surface area (Å²) in [6.07, 6.45) is 0.480. The molecule has 3 rings (SSSR count). The fourth-order valence-electron chi connectivity index (χ4n) is 3.63. The summed E-state index contributed by atoms with van der Waals surface area (Å²) < 4.78 is 2.27. The molecule has 0 radical (unpaired) electrons. The van der Waals surface area contributed by atoms with Gasteiger partial charge in [-0.2, -0.15) is 0 Å². The van der Waals surface area contributed by atoms with Crippen molar-refractivity contribution in [1.82, 2.24) is 4.57 Å². The second-order valence-electron chi connectivity index (χ2n) is 8.58. The van der Waals surface area contributed by atoms with E-state index >= 15 is 0 Å². The minimum atomic E-state index is -0.836. The third kappa shape index (κ3) is 3.95. The lowest BCUT2D eigenvalue weighted by atomic mass is 9.86. The van der Waals surface area contributed by atoms with E-state index in [1.165, 1.54) is 16.5 Å². The summed E-state index contributed by atoms with van der Waals surface area (Å²) in [5, 5.41) is 11.6. The lowest BCUT2D eigenvalue weighted by molar-refractivity contribution is -0.146. The van der Waals surface area contributed by atoms with Gasteiger partial charge in [0.1, 0.15) is 0 Å². The van der Waals surface area contributed by atoms with Crippen molar-refractivity contribution in [3.05, 3.63) is 69.9 Å². The predicted molar refractivity (Wildman–Crippen MR) is 116 cm³/mol. The maximum Gasteiger partial charge on any atom is 0.309 e. The van der Waals surface area contributed by atoms with Crippen LogP contribution in [-0.2, 0) is 17.8 Å². The second-order valence-corrected chi connectivity index (χ2v) is 9.02. The van der Waals surface area contributed by atoms with Gasteiger partial charge in [-0.15, -0.1) is 0 Å². The smallest absolute Gasteiger partial charge is 0.309 e. The molecule has 2 aromatic carbocycles. The summed E-state index contributed by atoms with van der Waals surface area (Å²) in [7, 11) is 0. The van der Waals surface area contributed by atoms with Crippen molar-refractivity contribution in [3.8, 4) is 0 Å². The molecule has 1 N–H and O–H groups in total. The Labute approximate surface area is 171 Å². The summed E-state index contributed by atoms with van der Waals surface area (Å²) in [6, 6.07) is 14.4. The van der Waals surface area contributed by atoms with E-state index in [4.69, 9.17) is 11.6 Å². The fourth-order valence-corrected chi connectivity index (χ4v) is 3.75. The van der Waals surface area contributed by atoms with Crippen molar-refractivity contribution in [3.63, 3.8) is 0 Å². The summed E-state index contributed by atoms with van der Waals surface area (Å²) in [5.41, 5.74) is 5.00. The molecule has 3 aromatic rings. The molecule has 1 aromatic heterocycles. The highest BCUT2D eigenvalue weighted by molar-refractivity contribution is 6.30. The number of benzene rings is 2. The first-order chi connectivity index (χ1) is 13.1. The highest BCUT2D eigenvalue weighted by Crippen LogP contribution is 2.33. The molecule has 0 atom stereocenters. The van der Waals surface area contributed by atoms with Gasteiger partial charge in [-0.25, -0.2) is 0 Å². The molecule has 4 heteroatoms. The number of hydrogen-bond donors (Lipinski definition) is 1. The van der Waals surface area contributed by atoms with Gasteiger partial charge in [-0.3, -0.25) is 4.79 Å². The first-order valence-corrected chi connectivity index (χ1v) is 10.1. The number of hydrogen-bond acceptors (Lipinski definition) is 1. The van der Waals surface area contributed by atoms with E-state index in [2.05, 4.69) is 43.5 Å². The molecular formula is C24H28ClNO2. The van der Waals surface area contributed by atoms with Crippen LogP contribution in [0.3, 0.4) is 0 Å². The van der Waals surface area contributed by atoms with E-state index < -0.39 is 11.4 Å². The number of aromatic nitrogens is 1. The summed E-state index contributed by atoms with van der Waals surface area (Å²) >= 11 is 6.04. The second kappa shape index (κ2) is 7.63. The van der Waals surface area contributed by atoms with E-state index in [1.807, 2.05) is 24.3 Å². The Morgan fingerprint density at radius 3 is 2.36 bits per heavy atom. The predicted octanol–water partition coefficient (Wildman–Crippen LogP) is 6.43. The van der Waals surface area contributed by atoms with Gasteiger partial charge in [0.15, 0.2) is 0 Å². The number of carboxylic acids is 1. The zero-order chi connectivity index (χ0) is 20.6. The van der Waals surface area contributed by atoms with Gasteiger partial charge in [-0.1, -0.05) is 43.6 Å². The van der Waals surface area contributed by atoms with E-state index in [0.29, 0.717) is 23.9 Å². The van der Waals surface area contributed by atoms with Crippen LogP contribution in [-0.4, -0.2) is 15.6 Å². The number of halogens is 1. The van der Waals surface area contributed by atoms with Crippen LogP contribution in [0.25, 0.3) is 10.9 Å². The topological polar surface area (TPSA) is 42.2 Å². The Bertz CT molecular complexity index is 1010. The molecule has 0 unspecified atom stereocenters. The third-order valence-corrected chi connectivity index (χ3v) is 5.84. The molecule has 0 saturated carbocycles. The fraction of sp³-hybridized carbons (Fsp3) is 0.375. The molecule has 0 amide bonds. The molecule has 0 bridgehead atoms. The molecule has 0 saturated heterocycles. The highest BCUT2D eigenvalue weighted by atomic mass is 35.5. The quantitative estimate of drug-likeness (QED) is 0.520. The number of carboxylic acid groups (broad SMARTS) is 1. The van der Waals surface area contributed by atoms with Crippen molar-refractivity contribution in [2.24, 2.45) is 5.41 Å². The van der Waals surface area contributed by atoms with Crippen molar-refractivity contribution >= 4 is 28.5 Å². The van der Waals surface area contributed by atoms with Gasteiger partial charge in [-0.05, 0) is 67.6 Å². The minimum absolute atomic E-state index is 0.447. The number of carbonyl (C=O) groups is 1. The van der Waals surface area contributed by atoms with Crippen molar-refractivity contribution in [1.29, 1.82) is 0 Å². The van der Waals surface area contributed by atoms with Crippen molar-refractivity contribution < 1.29 is 9.90 Å². The van der Waals surface area contributed by atoms with E-state index in [0.717, 1.165) is 16.8 Å². The lowest BCUT2D eigenvalue weighted by Crippen LogP contribution is -2.27. The molecular weight excluding hydrogens is 370 g/mol. The number of nitrogens with zero attached hydrogens (tertiary/aromatic N) is 1. The average Bonchev–Trinajstić information content (AvgIpc) is 2.88. The summed E-state index contributed by atoms with van der Waals surface area (Å²) in [4.78, 5) is 11.8. The SMILES string of the molecule is Cc1c(CC(C)(C)C(=O)O)n(Cc2ccc(Cl)cc2)c2ccc(C(C)C)cc12. The van der Waals surface area contributed by atoms with Crippen LogP contribution in [0, 0.1) is 12.3 Å². The van der Waals surface area contributed by atoms with E-state index in [1.54, 1.807) is 13.8 Å². The lowest BCUT2D eigenvalue weighted by Gasteiger charge is -2.21. The highest BCUT2D eigenvalue weighted by Gasteiger charge is 2.30. The van der Waals surface area contributed by atoms with Crippen LogP contribution in [0.5, 0.6) is 0 Å². The Morgan fingerprint density at radius 1 is 1.14 bits per heavy atom. The molecule has 28 heavy (non-hydrogen) atoms. The van der Waals surface area contributed by atoms with Crippen LogP contribution < -0.4 is 0 Å². The van der Waals surface area contributed by atoms with Crippen LogP contribution in [0.1, 0.15) is 56.0 Å². The number of fused-ring (bicyclic) bond motifs is 1. The maximum atomic E-state index is 11.8. The molecule has 0 aliphatic heterocycles. The number of aliphatic carboxylic acids is 1. The van der Waals surface area contributed by atoms with Crippen LogP contribution in [0.4, 0.5) is 0 Å². The first kappa shape index (κ1) is 20.5. The minimum Gasteiger partial charge on any atom is -0.481 e. The zero-order valence-corrected chi connectivity index (χ0v) is 18.0.